The Balaban J connectivity index is 1.89. The molecule has 0 amide bonds. The van der Waals surface area contributed by atoms with Crippen LogP contribution in [0.25, 0.3) is 0 Å². The highest BCUT2D eigenvalue weighted by atomic mass is 19.1. The maximum atomic E-state index is 13.4. The van der Waals surface area contributed by atoms with Crippen LogP contribution in [-0.4, -0.2) is 41.5 Å². The lowest BCUT2D eigenvalue weighted by atomic mass is 10.1. The predicted octanol–water partition coefficient (Wildman–Crippen LogP) is 1.86. The van der Waals surface area contributed by atoms with Crippen molar-refractivity contribution in [3.63, 3.8) is 0 Å². The van der Waals surface area contributed by atoms with Crippen LogP contribution in [0.5, 0.6) is 0 Å². The predicted molar refractivity (Wildman–Crippen MR) is 67.0 cm³/mol. The molecule has 0 unspecified atom stereocenters. The first kappa shape index (κ1) is 13.2. The van der Waals surface area contributed by atoms with Gasteiger partial charge in [0.2, 0.25) is 0 Å². The van der Waals surface area contributed by atoms with Gasteiger partial charge in [-0.05, 0) is 25.0 Å². The summed E-state index contributed by atoms with van der Waals surface area (Å²) in [6.07, 6.45) is 2.57. The Hall–Kier alpha value is -1.26. The van der Waals surface area contributed by atoms with Gasteiger partial charge in [0.15, 0.2) is 5.78 Å². The minimum absolute atomic E-state index is 0.102. The molecule has 4 heteroatoms. The lowest BCUT2D eigenvalue weighted by molar-refractivity contribution is 0.0950. The number of hydrogen-bond acceptors (Lipinski definition) is 3. The highest BCUT2D eigenvalue weighted by Gasteiger charge is 2.28. The van der Waals surface area contributed by atoms with Gasteiger partial charge in [0.05, 0.1) is 12.2 Å². The second kappa shape index (κ2) is 6.07. The molecule has 1 aromatic rings. The smallest absolute Gasteiger partial charge is 0.167 e. The molecule has 0 saturated heterocycles. The molecule has 1 aliphatic rings. The van der Waals surface area contributed by atoms with E-state index in [2.05, 4.69) is 4.90 Å². The standard InChI is InChI=1S/C14H18FNO2/c15-13-4-2-1-3-12(13)14(18)7-8-16(9-10-17)11-5-6-11/h1-4,11,17H,5-10H2. The van der Waals surface area contributed by atoms with E-state index >= 15 is 0 Å². The van der Waals surface area contributed by atoms with Crippen LogP contribution in [0.15, 0.2) is 24.3 Å². The summed E-state index contributed by atoms with van der Waals surface area (Å²) in [4.78, 5) is 14.0. The molecule has 0 heterocycles. The third-order valence-electron chi connectivity index (χ3n) is 3.25. The van der Waals surface area contributed by atoms with Gasteiger partial charge >= 0.3 is 0 Å². The lowest BCUT2D eigenvalue weighted by Crippen LogP contribution is -2.31. The first-order chi connectivity index (χ1) is 8.72. The van der Waals surface area contributed by atoms with Crippen LogP contribution in [-0.2, 0) is 0 Å². The van der Waals surface area contributed by atoms with Crippen molar-refractivity contribution in [2.24, 2.45) is 0 Å². The summed E-state index contributed by atoms with van der Waals surface area (Å²) in [5.74, 6) is -0.626. The Morgan fingerprint density at radius 3 is 2.67 bits per heavy atom. The summed E-state index contributed by atoms with van der Waals surface area (Å²) in [5.41, 5.74) is 0.164. The Morgan fingerprint density at radius 2 is 2.06 bits per heavy atom. The monoisotopic (exact) mass is 251 g/mol. The number of aliphatic hydroxyl groups excluding tert-OH is 1. The van der Waals surface area contributed by atoms with E-state index < -0.39 is 5.82 Å². The number of ketones is 1. The van der Waals surface area contributed by atoms with Gasteiger partial charge in [0, 0.05) is 25.6 Å². The normalized spacial score (nSPS) is 15.1. The van der Waals surface area contributed by atoms with Crippen LogP contribution >= 0.6 is 0 Å². The number of benzene rings is 1. The molecule has 0 radical (unpaired) electrons. The third kappa shape index (κ3) is 3.37. The first-order valence-electron chi connectivity index (χ1n) is 6.35. The second-order valence-corrected chi connectivity index (χ2v) is 4.64. The van der Waals surface area contributed by atoms with E-state index in [1.54, 1.807) is 12.1 Å². The zero-order valence-electron chi connectivity index (χ0n) is 10.3. The van der Waals surface area contributed by atoms with E-state index in [9.17, 15) is 9.18 Å². The molecule has 98 valence electrons. The van der Waals surface area contributed by atoms with Crippen LogP contribution in [0.4, 0.5) is 4.39 Å². The zero-order valence-corrected chi connectivity index (χ0v) is 10.3. The minimum Gasteiger partial charge on any atom is -0.395 e. The van der Waals surface area contributed by atoms with Gasteiger partial charge in [-0.25, -0.2) is 4.39 Å². The highest BCUT2D eigenvalue weighted by Crippen LogP contribution is 2.26. The minimum atomic E-state index is -0.456. The molecule has 3 nitrogen and oxygen atoms in total. The van der Waals surface area contributed by atoms with E-state index in [1.165, 1.54) is 12.1 Å². The van der Waals surface area contributed by atoms with Crippen molar-refractivity contribution < 1.29 is 14.3 Å². The van der Waals surface area contributed by atoms with Crippen LogP contribution in [0, 0.1) is 5.82 Å². The Labute approximate surface area is 106 Å². The van der Waals surface area contributed by atoms with Crippen molar-refractivity contribution in [2.45, 2.75) is 25.3 Å². The quantitative estimate of drug-likeness (QED) is 0.752. The molecule has 1 aromatic carbocycles. The number of rotatable bonds is 7. The van der Waals surface area contributed by atoms with Gasteiger partial charge in [-0.3, -0.25) is 9.69 Å². The summed E-state index contributed by atoms with van der Waals surface area (Å²) in [6.45, 7) is 1.29. The number of halogens is 1. The Morgan fingerprint density at radius 1 is 1.33 bits per heavy atom. The van der Waals surface area contributed by atoms with Gasteiger partial charge in [-0.2, -0.15) is 0 Å². The molecule has 0 bridgehead atoms. The molecule has 0 atom stereocenters. The van der Waals surface area contributed by atoms with Crippen LogP contribution in [0.2, 0.25) is 0 Å². The fraction of sp³-hybridized carbons (Fsp3) is 0.500. The topological polar surface area (TPSA) is 40.5 Å². The van der Waals surface area contributed by atoms with E-state index in [4.69, 9.17) is 5.11 Å². The summed E-state index contributed by atoms with van der Waals surface area (Å²) in [7, 11) is 0. The number of Topliss-reactive ketones (excluding diaryl/α,β-unsaturated/α-hetero) is 1. The molecule has 2 rings (SSSR count). The number of carbonyl (C=O) groups is 1. The molecular weight excluding hydrogens is 233 g/mol. The molecule has 1 saturated carbocycles. The second-order valence-electron chi connectivity index (χ2n) is 4.64. The summed E-state index contributed by atoms with van der Waals surface area (Å²) in [6, 6.07) is 6.58. The number of carbonyl (C=O) groups excluding carboxylic acids is 1. The van der Waals surface area contributed by atoms with Gasteiger partial charge in [-0.15, -0.1) is 0 Å². The maximum absolute atomic E-state index is 13.4. The Kier molecular flexibility index (Phi) is 4.44. The molecule has 18 heavy (non-hydrogen) atoms. The van der Waals surface area contributed by atoms with E-state index in [0.717, 1.165) is 12.8 Å². The SMILES string of the molecule is O=C(CCN(CCO)C1CC1)c1ccccc1F. The molecule has 0 aliphatic heterocycles. The van der Waals surface area contributed by atoms with Crippen molar-refractivity contribution >= 4 is 5.78 Å². The van der Waals surface area contributed by atoms with Crippen molar-refractivity contribution in [3.05, 3.63) is 35.6 Å². The summed E-state index contributed by atoms with van der Waals surface area (Å²) in [5, 5.41) is 8.95. The van der Waals surface area contributed by atoms with E-state index in [0.29, 0.717) is 25.6 Å². The van der Waals surface area contributed by atoms with Crippen LogP contribution in [0.3, 0.4) is 0 Å². The lowest BCUT2D eigenvalue weighted by Gasteiger charge is -2.20. The average molecular weight is 251 g/mol. The van der Waals surface area contributed by atoms with Gasteiger partial charge in [0.1, 0.15) is 5.82 Å². The number of nitrogens with zero attached hydrogens (tertiary/aromatic N) is 1. The molecule has 1 aliphatic carbocycles. The number of aliphatic hydroxyl groups is 1. The van der Waals surface area contributed by atoms with Gasteiger partial charge < -0.3 is 5.11 Å². The Bertz CT molecular complexity index is 418. The van der Waals surface area contributed by atoms with Crippen LogP contribution in [0.1, 0.15) is 29.6 Å². The largest absolute Gasteiger partial charge is 0.395 e. The maximum Gasteiger partial charge on any atom is 0.167 e. The fourth-order valence-corrected chi connectivity index (χ4v) is 2.11. The highest BCUT2D eigenvalue weighted by molar-refractivity contribution is 5.96. The first-order valence-corrected chi connectivity index (χ1v) is 6.35. The summed E-state index contributed by atoms with van der Waals surface area (Å²) >= 11 is 0. The van der Waals surface area contributed by atoms with E-state index in [-0.39, 0.29) is 18.0 Å². The molecule has 1 N–H and O–H groups in total. The third-order valence-corrected chi connectivity index (χ3v) is 3.25. The molecule has 0 aromatic heterocycles. The van der Waals surface area contributed by atoms with Gasteiger partial charge in [0.25, 0.3) is 0 Å². The molecular formula is C14H18FNO2. The average Bonchev–Trinajstić information content (AvgIpc) is 3.19. The zero-order chi connectivity index (χ0) is 13.0. The van der Waals surface area contributed by atoms with Crippen LogP contribution < -0.4 is 0 Å². The number of hydrogen-bond donors (Lipinski definition) is 1. The summed E-state index contributed by atoms with van der Waals surface area (Å²) < 4.78 is 13.4. The van der Waals surface area contributed by atoms with Crippen molar-refractivity contribution in [3.8, 4) is 0 Å². The molecule has 0 spiro atoms. The van der Waals surface area contributed by atoms with Crippen molar-refractivity contribution in [2.75, 3.05) is 19.7 Å². The van der Waals surface area contributed by atoms with E-state index in [1.807, 2.05) is 0 Å². The van der Waals surface area contributed by atoms with Crippen molar-refractivity contribution in [1.82, 2.24) is 4.90 Å². The van der Waals surface area contributed by atoms with Gasteiger partial charge in [-0.1, -0.05) is 12.1 Å². The van der Waals surface area contributed by atoms with Crippen molar-refractivity contribution in [1.29, 1.82) is 0 Å². The fourth-order valence-electron chi connectivity index (χ4n) is 2.11. The molecule has 1 fully saturated rings.